The maximum absolute atomic E-state index is 5.87. The highest BCUT2D eigenvalue weighted by molar-refractivity contribution is 6.30. The zero-order chi connectivity index (χ0) is 14.4. The van der Waals surface area contributed by atoms with E-state index < -0.39 is 0 Å². The van der Waals surface area contributed by atoms with Gasteiger partial charge in [0.15, 0.2) is 0 Å². The fourth-order valence-electron chi connectivity index (χ4n) is 1.70. The highest BCUT2D eigenvalue weighted by atomic mass is 35.5. The molecule has 20 heavy (non-hydrogen) atoms. The monoisotopic (exact) mass is 281 g/mol. The molecule has 0 aliphatic carbocycles. The van der Waals surface area contributed by atoms with Gasteiger partial charge < -0.3 is 0 Å². The van der Waals surface area contributed by atoms with Crippen LogP contribution in [-0.2, 0) is 0 Å². The fourth-order valence-corrected chi connectivity index (χ4v) is 1.82. The largest absolute Gasteiger partial charge is 0.273 e. The second kappa shape index (κ2) is 6.93. The van der Waals surface area contributed by atoms with Crippen LogP contribution in [0.1, 0.15) is 25.0 Å². The van der Waals surface area contributed by atoms with Crippen LogP contribution in [0.5, 0.6) is 0 Å². The Kier molecular flexibility index (Phi) is 4.98. The van der Waals surface area contributed by atoms with Gasteiger partial charge in [0.05, 0.1) is 0 Å². The molecule has 2 aromatic rings. The topological polar surface area (TPSA) is 12.4 Å². The molecule has 0 bridgehead atoms. The lowest BCUT2D eigenvalue weighted by Gasteiger charge is -2.02. The van der Waals surface area contributed by atoms with Gasteiger partial charge in [-0.25, -0.2) is 0 Å². The first-order chi connectivity index (χ1) is 9.65. The standard InChI is InChI=1S/C18H16ClN/c1-14(2)20-18(16-6-4-3-5-7-16)13-10-15-8-11-17(19)12-9-15/h3-9,11-12,14H,1-2H3. The highest BCUT2D eigenvalue weighted by Crippen LogP contribution is 2.09. The first-order valence-electron chi connectivity index (χ1n) is 6.56. The van der Waals surface area contributed by atoms with E-state index in [2.05, 4.69) is 16.8 Å². The number of rotatable bonds is 2. The van der Waals surface area contributed by atoms with Crippen LogP contribution in [0.15, 0.2) is 59.6 Å². The Hall–Kier alpha value is -2.04. The van der Waals surface area contributed by atoms with Crippen molar-refractivity contribution >= 4 is 17.3 Å². The molecule has 0 heterocycles. The second-order valence-electron chi connectivity index (χ2n) is 4.69. The maximum atomic E-state index is 5.87. The lowest BCUT2D eigenvalue weighted by molar-refractivity contribution is 0.838. The summed E-state index contributed by atoms with van der Waals surface area (Å²) >= 11 is 5.87. The van der Waals surface area contributed by atoms with Crippen molar-refractivity contribution in [2.24, 2.45) is 4.99 Å². The van der Waals surface area contributed by atoms with E-state index in [1.54, 1.807) is 0 Å². The van der Waals surface area contributed by atoms with Gasteiger partial charge in [-0.3, -0.25) is 4.99 Å². The Bertz CT molecular complexity index is 643. The lowest BCUT2D eigenvalue weighted by atomic mass is 10.1. The van der Waals surface area contributed by atoms with E-state index in [0.717, 1.165) is 21.9 Å². The van der Waals surface area contributed by atoms with Crippen molar-refractivity contribution in [1.29, 1.82) is 0 Å². The lowest BCUT2D eigenvalue weighted by Crippen LogP contribution is -2.02. The Balaban J connectivity index is 2.33. The normalized spacial score (nSPS) is 11.1. The molecule has 0 N–H and O–H groups in total. The zero-order valence-corrected chi connectivity index (χ0v) is 12.4. The molecule has 1 nitrogen and oxygen atoms in total. The minimum Gasteiger partial charge on any atom is -0.273 e. The number of aliphatic imine (C=N–C) groups is 1. The first-order valence-corrected chi connectivity index (χ1v) is 6.94. The summed E-state index contributed by atoms with van der Waals surface area (Å²) in [7, 11) is 0. The predicted octanol–water partition coefficient (Wildman–Crippen LogP) is 4.59. The molecule has 0 aliphatic rings. The van der Waals surface area contributed by atoms with Crippen LogP contribution in [0.2, 0.25) is 5.02 Å². The van der Waals surface area contributed by atoms with E-state index >= 15 is 0 Å². The molecule has 0 saturated heterocycles. The van der Waals surface area contributed by atoms with E-state index in [1.807, 2.05) is 68.4 Å². The van der Waals surface area contributed by atoms with Gasteiger partial charge in [-0.2, -0.15) is 0 Å². The molecular formula is C18H16ClN. The van der Waals surface area contributed by atoms with Gasteiger partial charge in [-0.05, 0) is 44.0 Å². The number of hydrogen-bond donors (Lipinski definition) is 0. The molecule has 2 rings (SSSR count). The van der Waals surface area contributed by atoms with Gasteiger partial charge in [0.1, 0.15) is 5.71 Å². The third-order valence-corrected chi connectivity index (χ3v) is 2.86. The van der Waals surface area contributed by atoms with Crippen LogP contribution in [0.4, 0.5) is 0 Å². The highest BCUT2D eigenvalue weighted by Gasteiger charge is 2.00. The van der Waals surface area contributed by atoms with Crippen molar-refractivity contribution < 1.29 is 0 Å². The van der Waals surface area contributed by atoms with Crippen molar-refractivity contribution in [2.45, 2.75) is 19.9 Å². The molecule has 0 saturated carbocycles. The van der Waals surface area contributed by atoms with E-state index in [-0.39, 0.29) is 6.04 Å². The molecule has 0 atom stereocenters. The Labute approximate surface area is 125 Å². The zero-order valence-electron chi connectivity index (χ0n) is 11.6. The number of nitrogens with zero attached hydrogens (tertiary/aromatic N) is 1. The molecule has 0 radical (unpaired) electrons. The van der Waals surface area contributed by atoms with Gasteiger partial charge in [-0.15, -0.1) is 0 Å². The minimum absolute atomic E-state index is 0.213. The van der Waals surface area contributed by atoms with Crippen molar-refractivity contribution in [3.8, 4) is 11.8 Å². The van der Waals surface area contributed by atoms with Crippen LogP contribution < -0.4 is 0 Å². The van der Waals surface area contributed by atoms with Crippen LogP contribution in [-0.4, -0.2) is 11.8 Å². The molecule has 2 aromatic carbocycles. The van der Waals surface area contributed by atoms with Crippen molar-refractivity contribution in [3.05, 3.63) is 70.7 Å². The summed E-state index contributed by atoms with van der Waals surface area (Å²) in [6, 6.07) is 17.7. The van der Waals surface area contributed by atoms with Gasteiger partial charge in [0, 0.05) is 22.2 Å². The van der Waals surface area contributed by atoms with Gasteiger partial charge in [0.25, 0.3) is 0 Å². The summed E-state index contributed by atoms with van der Waals surface area (Å²) in [6.07, 6.45) is 0. The Morgan fingerprint density at radius 3 is 2.25 bits per heavy atom. The summed E-state index contributed by atoms with van der Waals surface area (Å²) < 4.78 is 0. The van der Waals surface area contributed by atoms with Gasteiger partial charge >= 0.3 is 0 Å². The average molecular weight is 282 g/mol. The quantitative estimate of drug-likeness (QED) is 0.564. The molecule has 0 aliphatic heterocycles. The minimum atomic E-state index is 0.213. The second-order valence-corrected chi connectivity index (χ2v) is 5.13. The molecule has 0 spiro atoms. The summed E-state index contributed by atoms with van der Waals surface area (Å²) in [5.74, 6) is 6.30. The van der Waals surface area contributed by atoms with Crippen LogP contribution >= 0.6 is 11.6 Å². The molecule has 100 valence electrons. The molecule has 0 aromatic heterocycles. The van der Waals surface area contributed by atoms with Crippen molar-refractivity contribution in [2.75, 3.05) is 0 Å². The molecule has 0 unspecified atom stereocenters. The van der Waals surface area contributed by atoms with Crippen LogP contribution in [0.3, 0.4) is 0 Å². The van der Waals surface area contributed by atoms with E-state index in [9.17, 15) is 0 Å². The van der Waals surface area contributed by atoms with Gasteiger partial charge in [-0.1, -0.05) is 47.9 Å². The van der Waals surface area contributed by atoms with E-state index in [0.29, 0.717) is 0 Å². The van der Waals surface area contributed by atoms with Crippen molar-refractivity contribution in [3.63, 3.8) is 0 Å². The van der Waals surface area contributed by atoms with Crippen molar-refractivity contribution in [1.82, 2.24) is 0 Å². The molecule has 2 heteroatoms. The van der Waals surface area contributed by atoms with Crippen LogP contribution in [0.25, 0.3) is 0 Å². The maximum Gasteiger partial charge on any atom is 0.115 e. The molecular weight excluding hydrogens is 266 g/mol. The summed E-state index contributed by atoms with van der Waals surface area (Å²) in [5, 5.41) is 0.717. The van der Waals surface area contributed by atoms with E-state index in [1.165, 1.54) is 0 Å². The summed E-state index contributed by atoms with van der Waals surface area (Å²) in [4.78, 5) is 4.60. The number of benzene rings is 2. The first kappa shape index (κ1) is 14.4. The molecule has 0 amide bonds. The fraction of sp³-hybridized carbons (Fsp3) is 0.167. The number of halogens is 1. The molecule has 0 fully saturated rings. The van der Waals surface area contributed by atoms with E-state index in [4.69, 9.17) is 11.6 Å². The van der Waals surface area contributed by atoms with Crippen LogP contribution in [0, 0.1) is 11.8 Å². The average Bonchev–Trinajstić information content (AvgIpc) is 2.46. The third kappa shape index (κ3) is 4.26. The summed E-state index contributed by atoms with van der Waals surface area (Å²) in [6.45, 7) is 4.10. The SMILES string of the molecule is CC(C)N=C(C#Cc1ccc(Cl)cc1)c1ccccc1. The number of hydrogen-bond acceptors (Lipinski definition) is 1. The Morgan fingerprint density at radius 2 is 1.65 bits per heavy atom. The smallest absolute Gasteiger partial charge is 0.115 e. The summed E-state index contributed by atoms with van der Waals surface area (Å²) in [5.41, 5.74) is 2.79. The third-order valence-electron chi connectivity index (χ3n) is 2.60. The van der Waals surface area contributed by atoms with Gasteiger partial charge in [0.2, 0.25) is 0 Å². The Morgan fingerprint density at radius 1 is 1.00 bits per heavy atom. The predicted molar refractivity (Wildman–Crippen MR) is 86.4 cm³/mol.